The molecule has 0 fully saturated rings. The van der Waals surface area contributed by atoms with Crippen LogP contribution in [0, 0.1) is 5.92 Å². The van der Waals surface area contributed by atoms with Crippen LogP contribution >= 0.6 is 0 Å². The summed E-state index contributed by atoms with van der Waals surface area (Å²) >= 11 is 0. The highest BCUT2D eigenvalue weighted by molar-refractivity contribution is 5.98. The van der Waals surface area contributed by atoms with Gasteiger partial charge in [-0.1, -0.05) is 13.8 Å². The number of hydrogen-bond acceptors (Lipinski definition) is 4. The molecule has 2 aromatic rings. The van der Waals surface area contributed by atoms with Crippen molar-refractivity contribution < 1.29 is 5.11 Å². The maximum Gasteiger partial charge on any atom is 0.0951 e. The smallest absolute Gasteiger partial charge is 0.0951 e. The van der Waals surface area contributed by atoms with Gasteiger partial charge in [-0.2, -0.15) is 0 Å². The Bertz CT molecular complexity index is 554. The summed E-state index contributed by atoms with van der Waals surface area (Å²) < 4.78 is 0. The van der Waals surface area contributed by atoms with E-state index in [2.05, 4.69) is 24.1 Å². The van der Waals surface area contributed by atoms with Crippen LogP contribution in [0.25, 0.3) is 10.9 Å². The molecular weight excluding hydrogens is 238 g/mol. The van der Waals surface area contributed by atoms with E-state index in [0.29, 0.717) is 18.2 Å². The Kier molecular flexibility index (Phi) is 4.22. The fourth-order valence-corrected chi connectivity index (χ4v) is 2.20. The predicted octanol–water partition coefficient (Wildman–Crippen LogP) is 2.64. The second-order valence-corrected chi connectivity index (χ2v) is 5.27. The molecule has 4 heteroatoms. The number of aromatic nitrogens is 1. The number of nitrogens with two attached hydrogens (primary N) is 1. The maximum atomic E-state index is 9.90. The average Bonchev–Trinajstić information content (AvgIpc) is 2.37. The van der Waals surface area contributed by atoms with Crippen LogP contribution in [0.5, 0.6) is 0 Å². The van der Waals surface area contributed by atoms with E-state index in [0.717, 1.165) is 23.0 Å². The molecule has 102 valence electrons. The Balaban J connectivity index is 2.15. The van der Waals surface area contributed by atoms with E-state index in [1.54, 1.807) is 6.20 Å². The first kappa shape index (κ1) is 13.6. The van der Waals surface area contributed by atoms with Gasteiger partial charge in [0, 0.05) is 23.8 Å². The quantitative estimate of drug-likeness (QED) is 0.722. The molecule has 0 bridgehead atoms. The fraction of sp³-hybridized carbons (Fsp3) is 0.400. The molecule has 19 heavy (non-hydrogen) atoms. The molecule has 1 aromatic carbocycles. The van der Waals surface area contributed by atoms with Crippen LogP contribution in [0.3, 0.4) is 0 Å². The van der Waals surface area contributed by atoms with Crippen molar-refractivity contribution in [3.8, 4) is 0 Å². The molecule has 0 radical (unpaired) electrons. The molecule has 1 unspecified atom stereocenters. The first-order valence-electron chi connectivity index (χ1n) is 6.63. The number of pyridine rings is 1. The summed E-state index contributed by atoms with van der Waals surface area (Å²) in [6.07, 6.45) is 2.18. The second kappa shape index (κ2) is 5.89. The lowest BCUT2D eigenvalue weighted by Crippen LogP contribution is -2.21. The van der Waals surface area contributed by atoms with Crippen LogP contribution in [-0.2, 0) is 0 Å². The number of anilines is 2. The third-order valence-corrected chi connectivity index (χ3v) is 3.07. The number of nitrogens with one attached hydrogen (secondary N) is 1. The van der Waals surface area contributed by atoms with Gasteiger partial charge in [0.1, 0.15) is 0 Å². The number of nitrogens with zero attached hydrogens (tertiary/aromatic N) is 1. The van der Waals surface area contributed by atoms with Crippen molar-refractivity contribution in [3.05, 3.63) is 30.5 Å². The lowest BCUT2D eigenvalue weighted by molar-refractivity contribution is 0.161. The van der Waals surface area contributed by atoms with Gasteiger partial charge in [0.2, 0.25) is 0 Å². The second-order valence-electron chi connectivity index (χ2n) is 5.27. The molecule has 0 aliphatic carbocycles. The van der Waals surface area contributed by atoms with E-state index in [4.69, 9.17) is 5.73 Å². The molecule has 1 atom stereocenters. The monoisotopic (exact) mass is 259 g/mol. The lowest BCUT2D eigenvalue weighted by Gasteiger charge is -2.16. The number of fused-ring (bicyclic) bond motifs is 1. The Labute approximate surface area is 113 Å². The Hall–Kier alpha value is -1.81. The van der Waals surface area contributed by atoms with Crippen LogP contribution in [-0.4, -0.2) is 22.7 Å². The first-order chi connectivity index (χ1) is 9.08. The normalized spacial score (nSPS) is 12.8. The zero-order chi connectivity index (χ0) is 13.8. The average molecular weight is 259 g/mol. The highest BCUT2D eigenvalue weighted by Gasteiger charge is 2.09. The van der Waals surface area contributed by atoms with E-state index >= 15 is 0 Å². The number of aliphatic hydroxyl groups is 1. The number of benzene rings is 1. The van der Waals surface area contributed by atoms with Gasteiger partial charge in [-0.15, -0.1) is 0 Å². The zero-order valence-corrected chi connectivity index (χ0v) is 11.4. The molecule has 0 amide bonds. The number of aliphatic hydroxyl groups excluding tert-OH is 1. The molecule has 0 saturated heterocycles. The van der Waals surface area contributed by atoms with E-state index < -0.39 is 0 Å². The van der Waals surface area contributed by atoms with Gasteiger partial charge < -0.3 is 16.2 Å². The summed E-state index contributed by atoms with van der Waals surface area (Å²) in [5.74, 6) is 0.488. The van der Waals surface area contributed by atoms with Crippen molar-refractivity contribution >= 4 is 22.3 Å². The van der Waals surface area contributed by atoms with Gasteiger partial charge in [0.15, 0.2) is 0 Å². The molecule has 4 nitrogen and oxygen atoms in total. The molecule has 0 aliphatic heterocycles. The number of nitrogen functional groups attached to an aromatic ring is 1. The predicted molar refractivity (Wildman–Crippen MR) is 80.1 cm³/mol. The van der Waals surface area contributed by atoms with E-state index in [1.807, 2.05) is 24.3 Å². The Morgan fingerprint density at radius 1 is 1.32 bits per heavy atom. The van der Waals surface area contributed by atoms with Gasteiger partial charge in [-0.3, -0.25) is 4.98 Å². The third kappa shape index (κ3) is 3.35. The molecule has 4 N–H and O–H groups in total. The first-order valence-corrected chi connectivity index (χ1v) is 6.63. The van der Waals surface area contributed by atoms with Crippen molar-refractivity contribution in [2.45, 2.75) is 26.4 Å². The van der Waals surface area contributed by atoms with Gasteiger partial charge in [0.25, 0.3) is 0 Å². The van der Waals surface area contributed by atoms with Crippen LogP contribution in [0.4, 0.5) is 11.4 Å². The van der Waals surface area contributed by atoms with Crippen LogP contribution in [0.1, 0.15) is 20.3 Å². The molecule has 0 aliphatic rings. The Morgan fingerprint density at radius 2 is 2.11 bits per heavy atom. The summed E-state index contributed by atoms with van der Waals surface area (Å²) in [5, 5.41) is 14.2. The van der Waals surface area contributed by atoms with Gasteiger partial charge in [-0.25, -0.2) is 0 Å². The minimum Gasteiger partial charge on any atom is -0.397 e. The lowest BCUT2D eigenvalue weighted by atomic mass is 10.1. The SMILES string of the molecule is CC(C)CC(O)CNc1ccc(N)c2ncccc12. The van der Waals surface area contributed by atoms with Crippen LogP contribution in [0.2, 0.25) is 0 Å². The van der Waals surface area contributed by atoms with E-state index in [1.165, 1.54) is 0 Å². The summed E-state index contributed by atoms with van der Waals surface area (Å²) in [5.41, 5.74) is 8.33. The van der Waals surface area contributed by atoms with Crippen molar-refractivity contribution in [2.24, 2.45) is 5.92 Å². The van der Waals surface area contributed by atoms with Crippen molar-refractivity contribution in [2.75, 3.05) is 17.6 Å². The molecule has 0 spiro atoms. The topological polar surface area (TPSA) is 71.2 Å². The van der Waals surface area contributed by atoms with Crippen molar-refractivity contribution in [3.63, 3.8) is 0 Å². The number of hydrogen-bond donors (Lipinski definition) is 3. The van der Waals surface area contributed by atoms with Crippen molar-refractivity contribution in [1.82, 2.24) is 4.98 Å². The minimum atomic E-state index is -0.343. The minimum absolute atomic E-state index is 0.343. The summed E-state index contributed by atoms with van der Waals surface area (Å²) in [4.78, 5) is 4.29. The summed E-state index contributed by atoms with van der Waals surface area (Å²) in [7, 11) is 0. The van der Waals surface area contributed by atoms with Gasteiger partial charge in [0.05, 0.1) is 17.3 Å². The van der Waals surface area contributed by atoms with Crippen molar-refractivity contribution in [1.29, 1.82) is 0 Å². The third-order valence-electron chi connectivity index (χ3n) is 3.07. The maximum absolute atomic E-state index is 9.90. The summed E-state index contributed by atoms with van der Waals surface area (Å²) in [6, 6.07) is 7.64. The van der Waals surface area contributed by atoms with E-state index in [-0.39, 0.29) is 6.10 Å². The largest absolute Gasteiger partial charge is 0.397 e. The molecule has 1 heterocycles. The number of rotatable bonds is 5. The molecule has 2 rings (SSSR count). The van der Waals surface area contributed by atoms with Gasteiger partial charge >= 0.3 is 0 Å². The highest BCUT2D eigenvalue weighted by Crippen LogP contribution is 2.26. The van der Waals surface area contributed by atoms with Crippen LogP contribution < -0.4 is 11.1 Å². The highest BCUT2D eigenvalue weighted by atomic mass is 16.3. The Morgan fingerprint density at radius 3 is 2.84 bits per heavy atom. The molecule has 1 aromatic heterocycles. The standard InChI is InChI=1S/C15H21N3O/c1-10(2)8-11(19)9-18-14-6-5-13(16)15-12(14)4-3-7-17-15/h3-7,10-11,18-19H,8-9,16H2,1-2H3. The van der Waals surface area contributed by atoms with Crippen LogP contribution in [0.15, 0.2) is 30.5 Å². The molecule has 0 saturated carbocycles. The molecular formula is C15H21N3O. The van der Waals surface area contributed by atoms with E-state index in [9.17, 15) is 5.11 Å². The zero-order valence-electron chi connectivity index (χ0n) is 11.4. The van der Waals surface area contributed by atoms with Gasteiger partial charge in [-0.05, 0) is 36.6 Å². The fourth-order valence-electron chi connectivity index (χ4n) is 2.20. The summed E-state index contributed by atoms with van der Waals surface area (Å²) in [6.45, 7) is 4.74.